The van der Waals surface area contributed by atoms with Gasteiger partial charge < -0.3 is 9.88 Å². The van der Waals surface area contributed by atoms with E-state index in [-0.39, 0.29) is 0 Å². The number of aliphatic imine (C=N–C) groups is 2. The summed E-state index contributed by atoms with van der Waals surface area (Å²) in [5.41, 5.74) is 20.6. The highest BCUT2D eigenvalue weighted by Crippen LogP contribution is 2.61. The molecular formula is C59H40N4. The van der Waals surface area contributed by atoms with Crippen LogP contribution in [0.3, 0.4) is 0 Å². The average Bonchev–Trinajstić information content (AvgIpc) is 3.74. The van der Waals surface area contributed by atoms with Crippen molar-refractivity contribution in [1.29, 1.82) is 0 Å². The van der Waals surface area contributed by atoms with Crippen LogP contribution in [0.15, 0.2) is 216 Å². The van der Waals surface area contributed by atoms with Gasteiger partial charge in [-0.2, -0.15) is 0 Å². The van der Waals surface area contributed by atoms with Crippen molar-refractivity contribution in [3.63, 3.8) is 0 Å². The fraction of sp³-hybridized carbons (Fsp3) is 0.0508. The van der Waals surface area contributed by atoms with E-state index in [0.29, 0.717) is 12.3 Å². The van der Waals surface area contributed by atoms with Gasteiger partial charge in [-0.1, -0.05) is 182 Å². The molecule has 0 saturated heterocycles. The summed E-state index contributed by atoms with van der Waals surface area (Å²) in [5, 5.41) is 6.05. The van der Waals surface area contributed by atoms with Gasteiger partial charge >= 0.3 is 0 Å². The van der Waals surface area contributed by atoms with E-state index in [0.717, 1.165) is 56.9 Å². The summed E-state index contributed by atoms with van der Waals surface area (Å²) in [6.45, 7) is 0.829. The van der Waals surface area contributed by atoms with Gasteiger partial charge in [0.25, 0.3) is 0 Å². The molecule has 0 bridgehead atoms. The summed E-state index contributed by atoms with van der Waals surface area (Å²) >= 11 is 0. The van der Waals surface area contributed by atoms with Crippen molar-refractivity contribution in [2.75, 3.05) is 6.54 Å². The average molecular weight is 805 g/mol. The monoisotopic (exact) mass is 804 g/mol. The second kappa shape index (κ2) is 14.0. The fourth-order valence-electron chi connectivity index (χ4n) is 10.9. The molecule has 9 aromatic rings. The van der Waals surface area contributed by atoms with Crippen LogP contribution < -0.4 is 5.32 Å². The van der Waals surface area contributed by atoms with Crippen molar-refractivity contribution < 1.29 is 0 Å². The van der Waals surface area contributed by atoms with Gasteiger partial charge in [0, 0.05) is 46.8 Å². The summed E-state index contributed by atoms with van der Waals surface area (Å²) < 4.78 is 2.50. The molecule has 4 nitrogen and oxygen atoms in total. The number of hydrogen-bond donors (Lipinski definition) is 1. The van der Waals surface area contributed by atoms with Gasteiger partial charge in [0.1, 0.15) is 0 Å². The molecule has 0 fully saturated rings. The molecule has 296 valence electrons. The molecule has 1 spiro atoms. The van der Waals surface area contributed by atoms with Crippen LogP contribution in [-0.2, 0) is 5.41 Å². The Hall–Kier alpha value is -8.08. The van der Waals surface area contributed by atoms with E-state index in [1.165, 1.54) is 60.9 Å². The van der Waals surface area contributed by atoms with E-state index >= 15 is 0 Å². The lowest BCUT2D eigenvalue weighted by molar-refractivity contribution is 0.748. The zero-order valence-electron chi connectivity index (χ0n) is 34.5. The highest BCUT2D eigenvalue weighted by Gasteiger charge is 2.51. The molecule has 0 radical (unpaired) electrons. The Bertz CT molecular complexity index is 3520. The molecule has 1 aromatic heterocycles. The number of dihydropyridines is 1. The van der Waals surface area contributed by atoms with Gasteiger partial charge in [0.15, 0.2) is 5.84 Å². The van der Waals surface area contributed by atoms with Gasteiger partial charge in [-0.25, -0.2) is 9.98 Å². The van der Waals surface area contributed by atoms with Crippen LogP contribution in [0.1, 0.15) is 50.9 Å². The number of aromatic nitrogens is 1. The molecule has 8 aromatic carbocycles. The number of amidine groups is 1. The smallest absolute Gasteiger partial charge is 0.159 e. The lowest BCUT2D eigenvalue weighted by Gasteiger charge is -2.39. The van der Waals surface area contributed by atoms with Crippen molar-refractivity contribution in [3.8, 4) is 27.9 Å². The minimum Gasteiger partial charge on any atom is -0.381 e. The largest absolute Gasteiger partial charge is 0.381 e. The quantitative estimate of drug-likeness (QED) is 0.185. The Morgan fingerprint density at radius 2 is 1.19 bits per heavy atom. The van der Waals surface area contributed by atoms with Gasteiger partial charge in [-0.05, 0) is 85.5 Å². The summed E-state index contributed by atoms with van der Waals surface area (Å²) in [6.07, 6.45) is 9.08. The second-order valence-corrected chi connectivity index (χ2v) is 16.8. The van der Waals surface area contributed by atoms with Crippen LogP contribution in [0.4, 0.5) is 0 Å². The first-order valence-electron chi connectivity index (χ1n) is 21.9. The summed E-state index contributed by atoms with van der Waals surface area (Å²) in [7, 11) is 0. The summed E-state index contributed by atoms with van der Waals surface area (Å²) in [5.74, 6) is 0.702. The maximum absolute atomic E-state index is 5.69. The predicted molar refractivity (Wildman–Crippen MR) is 262 cm³/mol. The van der Waals surface area contributed by atoms with Crippen LogP contribution in [0, 0.1) is 0 Å². The maximum atomic E-state index is 5.69. The first-order chi connectivity index (χ1) is 31.3. The number of benzene rings is 8. The highest BCUT2D eigenvalue weighted by atomic mass is 15.0. The number of rotatable bonds is 5. The molecule has 1 atom stereocenters. The lowest BCUT2D eigenvalue weighted by atomic mass is 9.65. The molecule has 4 heterocycles. The zero-order valence-corrected chi connectivity index (χ0v) is 34.5. The van der Waals surface area contributed by atoms with E-state index in [9.17, 15) is 0 Å². The van der Waals surface area contributed by atoms with Gasteiger partial charge in [-0.3, -0.25) is 0 Å². The Morgan fingerprint density at radius 3 is 2.05 bits per heavy atom. The van der Waals surface area contributed by atoms with Gasteiger partial charge in [0.2, 0.25) is 0 Å². The number of hydrogen-bond acceptors (Lipinski definition) is 3. The van der Waals surface area contributed by atoms with Crippen LogP contribution >= 0.6 is 0 Å². The second-order valence-electron chi connectivity index (χ2n) is 16.8. The fourth-order valence-corrected chi connectivity index (χ4v) is 10.9. The van der Waals surface area contributed by atoms with E-state index in [1.54, 1.807) is 0 Å². The molecular weight excluding hydrogens is 765 g/mol. The van der Waals surface area contributed by atoms with Crippen molar-refractivity contribution in [1.82, 2.24) is 9.88 Å². The Morgan fingerprint density at radius 1 is 0.508 bits per heavy atom. The minimum absolute atomic E-state index is 0.568. The van der Waals surface area contributed by atoms with Gasteiger partial charge in [-0.15, -0.1) is 0 Å². The molecule has 4 heteroatoms. The van der Waals surface area contributed by atoms with E-state index in [2.05, 4.69) is 222 Å². The van der Waals surface area contributed by atoms with E-state index in [1.807, 2.05) is 0 Å². The normalized spacial score (nSPS) is 17.0. The Kier molecular flexibility index (Phi) is 7.91. The molecule has 3 aliphatic heterocycles. The first kappa shape index (κ1) is 35.7. The lowest BCUT2D eigenvalue weighted by Crippen LogP contribution is -2.33. The molecule has 0 amide bonds. The topological polar surface area (TPSA) is 41.7 Å². The number of para-hydroxylation sites is 3. The van der Waals surface area contributed by atoms with E-state index < -0.39 is 5.41 Å². The van der Waals surface area contributed by atoms with Crippen molar-refractivity contribution in [2.45, 2.75) is 11.8 Å². The third kappa shape index (κ3) is 5.22. The molecule has 1 N–H and O–H groups in total. The molecule has 4 aliphatic rings. The van der Waals surface area contributed by atoms with Crippen LogP contribution in [0.5, 0.6) is 0 Å². The first-order valence-corrected chi connectivity index (χ1v) is 21.9. The standard InChI is InChI=1S/C59H40N4/c1-2-15-38(16-3-1)42-17-4-5-20-47(42)56-43(39-28-30-40(31-29-39)53-25-12-13-35-60-53)34-36-61-58(62-56)41-32-33-45-44-18-6-8-22-49(44)59(52(45)37-41)50-23-9-11-27-55(50)63-54-26-10-7-19-46(54)48-21-14-24-51(59)57(48)63/h1-33,36-37,60H,34-35H2. The summed E-state index contributed by atoms with van der Waals surface area (Å²) in [6, 6.07) is 69.0. The third-order valence-corrected chi connectivity index (χ3v) is 13.6. The minimum atomic E-state index is -0.568. The maximum Gasteiger partial charge on any atom is 0.159 e. The molecule has 0 saturated carbocycles. The number of fused-ring (bicyclic) bond motifs is 12. The third-order valence-electron chi connectivity index (χ3n) is 13.6. The van der Waals surface area contributed by atoms with Crippen LogP contribution in [-0.4, -0.2) is 23.2 Å². The molecule has 13 rings (SSSR count). The van der Waals surface area contributed by atoms with Crippen molar-refractivity contribution >= 4 is 50.8 Å². The van der Waals surface area contributed by atoms with Crippen LogP contribution in [0.2, 0.25) is 0 Å². The Balaban J connectivity index is 1.05. The number of nitrogens with one attached hydrogen (secondary N) is 1. The number of nitrogens with zero attached hydrogens (tertiary/aromatic N) is 3. The highest BCUT2D eigenvalue weighted by molar-refractivity contribution is 6.15. The molecule has 63 heavy (non-hydrogen) atoms. The molecule has 1 aliphatic carbocycles. The van der Waals surface area contributed by atoms with Gasteiger partial charge in [0.05, 0.1) is 27.8 Å². The Labute approximate surface area is 366 Å². The van der Waals surface area contributed by atoms with Crippen LogP contribution in [0.25, 0.3) is 66.7 Å². The zero-order chi connectivity index (χ0) is 41.5. The molecule has 1 unspecified atom stereocenters. The predicted octanol–water partition coefficient (Wildman–Crippen LogP) is 13.4. The van der Waals surface area contributed by atoms with E-state index in [4.69, 9.17) is 9.98 Å². The SMILES string of the molecule is C1=CCNC(c2ccc(C3=C(c4ccccc4-c4ccccc4)N=C(c4ccc5c(c4)C4(c6ccccc6-5)c5ccccc5-n5c6ccccc6c6cccc4c65)N=CC3)cc2)=C1. The summed E-state index contributed by atoms with van der Waals surface area (Å²) in [4.78, 5) is 10.9. The van der Waals surface area contributed by atoms with Crippen molar-refractivity contribution in [3.05, 3.63) is 251 Å². The number of allylic oxidation sites excluding steroid dienone is 3. The van der Waals surface area contributed by atoms with Crippen molar-refractivity contribution in [2.24, 2.45) is 9.98 Å².